The van der Waals surface area contributed by atoms with Gasteiger partial charge in [0.05, 0.1) is 19.3 Å². The Morgan fingerprint density at radius 1 is 1.39 bits per heavy atom. The first kappa shape index (κ1) is 22.9. The quantitative estimate of drug-likeness (QED) is 0.719. The van der Waals surface area contributed by atoms with Gasteiger partial charge in [-0.3, -0.25) is 4.79 Å². The van der Waals surface area contributed by atoms with Gasteiger partial charge < -0.3 is 25.3 Å². The molecule has 1 aromatic carbocycles. The summed E-state index contributed by atoms with van der Waals surface area (Å²) in [5, 5.41) is 3.01. The van der Waals surface area contributed by atoms with Crippen LogP contribution in [0, 0.1) is 12.3 Å². The molecule has 0 radical (unpaired) electrons. The molecular weight excluding hydrogens is 380 g/mol. The molecule has 1 aliphatic carbocycles. The highest BCUT2D eigenvalue weighted by Gasteiger charge is 2.62. The van der Waals surface area contributed by atoms with Crippen LogP contribution in [0.2, 0.25) is 0 Å². The zero-order valence-electron chi connectivity index (χ0n) is 17.2. The van der Waals surface area contributed by atoms with E-state index in [1.54, 1.807) is 0 Å². The maximum absolute atomic E-state index is 12.9. The van der Waals surface area contributed by atoms with Crippen molar-refractivity contribution in [1.82, 2.24) is 5.32 Å². The molecule has 0 spiro atoms. The number of rotatable bonds is 7. The smallest absolute Gasteiger partial charge is 0.241 e. The molecule has 6 nitrogen and oxygen atoms in total. The molecule has 1 aliphatic heterocycles. The van der Waals surface area contributed by atoms with Gasteiger partial charge in [-0.05, 0) is 25.5 Å². The molecule has 3 rings (SSSR count). The summed E-state index contributed by atoms with van der Waals surface area (Å²) >= 11 is 0. The molecule has 0 aromatic heterocycles. The summed E-state index contributed by atoms with van der Waals surface area (Å²) in [6.45, 7) is 10.3. The molecule has 1 aromatic rings. The fraction of sp³-hybridized carbons (Fsp3) is 0.667. The molecule has 3 atom stereocenters. The van der Waals surface area contributed by atoms with Crippen molar-refractivity contribution in [2.24, 2.45) is 11.1 Å². The Morgan fingerprint density at radius 3 is 2.75 bits per heavy atom. The number of hydrogen-bond donors (Lipinski definition) is 2. The normalized spacial score (nSPS) is 28.2. The first-order chi connectivity index (χ1) is 12.8. The Kier molecular flexibility index (Phi) is 7.37. The summed E-state index contributed by atoms with van der Waals surface area (Å²) in [6.07, 6.45) is 1.51. The van der Waals surface area contributed by atoms with Crippen LogP contribution in [0.4, 0.5) is 0 Å². The van der Waals surface area contributed by atoms with E-state index in [9.17, 15) is 4.79 Å². The fourth-order valence-electron chi connectivity index (χ4n) is 3.86. The average Bonchev–Trinajstić information content (AvgIpc) is 3.13. The topological polar surface area (TPSA) is 82.8 Å². The van der Waals surface area contributed by atoms with Gasteiger partial charge in [0.1, 0.15) is 17.4 Å². The first-order valence-electron chi connectivity index (χ1n) is 9.80. The lowest BCUT2D eigenvalue weighted by Gasteiger charge is -2.57. The van der Waals surface area contributed by atoms with Gasteiger partial charge in [-0.1, -0.05) is 26.0 Å². The Bertz CT molecular complexity index is 691. The Balaban J connectivity index is 0.00000280. The Labute approximate surface area is 173 Å². The van der Waals surface area contributed by atoms with Crippen molar-refractivity contribution in [1.29, 1.82) is 0 Å². The van der Waals surface area contributed by atoms with Gasteiger partial charge >= 0.3 is 0 Å². The van der Waals surface area contributed by atoms with E-state index in [1.165, 1.54) is 0 Å². The van der Waals surface area contributed by atoms with E-state index in [0.29, 0.717) is 26.2 Å². The fourth-order valence-corrected chi connectivity index (χ4v) is 3.86. The first-order valence-corrected chi connectivity index (χ1v) is 9.80. The SMILES string of the molecule is CCOC1CC(N)(C(=O)NCc2ccc(C)cc2OC2CCOC2)C1(C)C.Cl. The number of aryl methyl sites for hydroxylation is 1. The molecule has 2 aliphatic rings. The third kappa shape index (κ3) is 4.30. The molecule has 3 N–H and O–H groups in total. The van der Waals surface area contributed by atoms with Gasteiger partial charge in [-0.15, -0.1) is 12.4 Å². The van der Waals surface area contributed by atoms with Crippen LogP contribution in [0.5, 0.6) is 5.75 Å². The molecule has 1 amide bonds. The lowest BCUT2D eigenvalue weighted by molar-refractivity contribution is -0.170. The number of nitrogens with one attached hydrogen (secondary N) is 1. The van der Waals surface area contributed by atoms with Crippen LogP contribution in [0.1, 0.15) is 44.7 Å². The van der Waals surface area contributed by atoms with Gasteiger partial charge in [-0.2, -0.15) is 0 Å². The van der Waals surface area contributed by atoms with Crippen molar-refractivity contribution in [3.63, 3.8) is 0 Å². The average molecular weight is 413 g/mol. The second kappa shape index (κ2) is 8.99. The Morgan fingerprint density at radius 2 is 2.14 bits per heavy atom. The molecule has 1 heterocycles. The monoisotopic (exact) mass is 412 g/mol. The largest absolute Gasteiger partial charge is 0.488 e. The highest BCUT2D eigenvalue weighted by atomic mass is 35.5. The van der Waals surface area contributed by atoms with Crippen LogP contribution in [-0.2, 0) is 20.8 Å². The number of benzene rings is 1. The van der Waals surface area contributed by atoms with Crippen molar-refractivity contribution in [3.8, 4) is 5.75 Å². The zero-order chi connectivity index (χ0) is 19.7. The second-order valence-corrected chi connectivity index (χ2v) is 8.24. The van der Waals surface area contributed by atoms with Gasteiger partial charge in [0, 0.05) is 37.0 Å². The number of nitrogens with two attached hydrogens (primary N) is 1. The molecule has 2 fully saturated rings. The van der Waals surface area contributed by atoms with Crippen LogP contribution >= 0.6 is 12.4 Å². The minimum atomic E-state index is -0.919. The van der Waals surface area contributed by atoms with Crippen LogP contribution in [0.3, 0.4) is 0 Å². The predicted molar refractivity (Wildman–Crippen MR) is 111 cm³/mol. The van der Waals surface area contributed by atoms with Crippen LogP contribution < -0.4 is 15.8 Å². The van der Waals surface area contributed by atoms with Crippen LogP contribution in [0.15, 0.2) is 18.2 Å². The number of ether oxygens (including phenoxy) is 3. The second-order valence-electron chi connectivity index (χ2n) is 8.24. The highest BCUT2D eigenvalue weighted by Crippen LogP contribution is 2.49. The summed E-state index contributed by atoms with van der Waals surface area (Å²) in [5.41, 5.74) is 7.21. The highest BCUT2D eigenvalue weighted by molar-refractivity contribution is 5.88. The van der Waals surface area contributed by atoms with Crippen molar-refractivity contribution in [2.75, 3.05) is 19.8 Å². The van der Waals surface area contributed by atoms with Crippen molar-refractivity contribution in [2.45, 2.75) is 64.8 Å². The minimum Gasteiger partial charge on any atom is -0.488 e. The van der Waals surface area contributed by atoms with Gasteiger partial charge in [0.15, 0.2) is 0 Å². The molecular formula is C21H33ClN2O4. The van der Waals surface area contributed by atoms with E-state index in [0.717, 1.165) is 29.9 Å². The summed E-state index contributed by atoms with van der Waals surface area (Å²) in [5.74, 6) is 0.663. The van der Waals surface area contributed by atoms with Gasteiger partial charge in [-0.25, -0.2) is 0 Å². The minimum absolute atomic E-state index is 0. The van der Waals surface area contributed by atoms with Crippen molar-refractivity contribution >= 4 is 18.3 Å². The zero-order valence-corrected chi connectivity index (χ0v) is 18.1. The van der Waals surface area contributed by atoms with E-state index in [1.807, 2.05) is 45.9 Å². The molecule has 0 bridgehead atoms. The van der Waals surface area contributed by atoms with Crippen LogP contribution in [0.25, 0.3) is 0 Å². The summed E-state index contributed by atoms with van der Waals surface area (Å²) in [6, 6.07) is 6.03. The summed E-state index contributed by atoms with van der Waals surface area (Å²) in [7, 11) is 0. The third-order valence-electron chi connectivity index (χ3n) is 6.08. The van der Waals surface area contributed by atoms with E-state index >= 15 is 0 Å². The summed E-state index contributed by atoms with van der Waals surface area (Å²) < 4.78 is 17.2. The molecule has 3 unspecified atom stereocenters. The van der Waals surface area contributed by atoms with Crippen LogP contribution in [-0.4, -0.2) is 43.5 Å². The van der Waals surface area contributed by atoms with E-state index < -0.39 is 11.0 Å². The maximum Gasteiger partial charge on any atom is 0.241 e. The number of halogens is 1. The number of hydrogen-bond acceptors (Lipinski definition) is 5. The Hall–Kier alpha value is -1.34. The van der Waals surface area contributed by atoms with E-state index in [-0.39, 0.29) is 30.5 Å². The number of carbonyl (C=O) groups is 1. The molecule has 28 heavy (non-hydrogen) atoms. The van der Waals surface area contributed by atoms with Crippen molar-refractivity contribution in [3.05, 3.63) is 29.3 Å². The predicted octanol–water partition coefficient (Wildman–Crippen LogP) is 2.73. The molecule has 158 valence electrons. The third-order valence-corrected chi connectivity index (χ3v) is 6.08. The van der Waals surface area contributed by atoms with Crippen molar-refractivity contribution < 1.29 is 19.0 Å². The van der Waals surface area contributed by atoms with E-state index in [4.69, 9.17) is 19.9 Å². The molecule has 1 saturated heterocycles. The molecule has 7 heteroatoms. The number of amides is 1. The van der Waals surface area contributed by atoms with Gasteiger partial charge in [0.2, 0.25) is 5.91 Å². The molecule has 1 saturated carbocycles. The standard InChI is InChI=1S/C21H32N2O4.ClH/c1-5-26-18-11-21(22,20(18,3)4)19(24)23-12-15-7-6-14(2)10-17(15)27-16-8-9-25-13-16;/h6-7,10,16,18H,5,8-9,11-13,22H2,1-4H3,(H,23,24);1H. The lowest BCUT2D eigenvalue weighted by Crippen LogP contribution is -2.75. The number of carbonyl (C=O) groups excluding carboxylic acids is 1. The maximum atomic E-state index is 12.9. The van der Waals surface area contributed by atoms with Gasteiger partial charge in [0.25, 0.3) is 0 Å². The van der Waals surface area contributed by atoms with E-state index in [2.05, 4.69) is 5.32 Å². The summed E-state index contributed by atoms with van der Waals surface area (Å²) in [4.78, 5) is 12.9. The lowest BCUT2D eigenvalue weighted by atomic mass is 9.54.